The average molecular weight is 556 g/mol. The van der Waals surface area contributed by atoms with Crippen LogP contribution in [0.1, 0.15) is 37.0 Å². The van der Waals surface area contributed by atoms with E-state index in [9.17, 15) is 18.0 Å². The molecule has 3 aromatic carbocycles. The van der Waals surface area contributed by atoms with Crippen LogP contribution in [0.15, 0.2) is 77.7 Å². The number of sulfonamides is 1. The fourth-order valence-corrected chi connectivity index (χ4v) is 5.45. The summed E-state index contributed by atoms with van der Waals surface area (Å²) in [5.41, 5.74) is 2.91. The molecule has 7 nitrogen and oxygen atoms in total. The lowest BCUT2D eigenvalue weighted by Gasteiger charge is -2.32. The van der Waals surface area contributed by atoms with E-state index in [4.69, 9.17) is 11.6 Å². The van der Waals surface area contributed by atoms with Gasteiger partial charge >= 0.3 is 0 Å². The Kier molecular flexibility index (Phi) is 9.94. The van der Waals surface area contributed by atoms with E-state index in [2.05, 4.69) is 5.32 Å². The lowest BCUT2D eigenvalue weighted by Crippen LogP contribution is -2.51. The number of nitrogens with one attached hydrogen (secondary N) is 1. The van der Waals surface area contributed by atoms with Crippen molar-refractivity contribution in [2.75, 3.05) is 17.4 Å². The summed E-state index contributed by atoms with van der Waals surface area (Å²) in [6.45, 7) is 7.43. The van der Waals surface area contributed by atoms with E-state index in [0.29, 0.717) is 17.3 Å². The van der Waals surface area contributed by atoms with E-state index < -0.39 is 28.5 Å². The Bertz CT molecular complexity index is 1360. The van der Waals surface area contributed by atoms with Crippen molar-refractivity contribution >= 4 is 39.1 Å². The minimum atomic E-state index is -4.09. The maximum Gasteiger partial charge on any atom is 0.264 e. The number of nitrogens with zero attached hydrogens (tertiary/aromatic N) is 2. The van der Waals surface area contributed by atoms with Gasteiger partial charge in [0.15, 0.2) is 0 Å². The van der Waals surface area contributed by atoms with Crippen molar-refractivity contribution < 1.29 is 18.0 Å². The number of aryl methyl sites for hydroxylation is 2. The fraction of sp³-hybridized carbons (Fsp3) is 0.310. The number of hydrogen-bond donors (Lipinski definition) is 1. The predicted octanol–water partition coefficient (Wildman–Crippen LogP) is 5.10. The summed E-state index contributed by atoms with van der Waals surface area (Å²) in [7, 11) is -4.09. The van der Waals surface area contributed by atoms with Crippen LogP contribution < -0.4 is 9.62 Å². The normalized spacial score (nSPS) is 12.0. The summed E-state index contributed by atoms with van der Waals surface area (Å²) in [5.74, 6) is -0.811. The fourth-order valence-electron chi connectivity index (χ4n) is 3.91. The van der Waals surface area contributed by atoms with Gasteiger partial charge in [-0.15, -0.1) is 0 Å². The van der Waals surface area contributed by atoms with Crippen LogP contribution in [0, 0.1) is 13.8 Å². The molecule has 3 rings (SSSR count). The molecule has 9 heteroatoms. The highest BCUT2D eigenvalue weighted by atomic mass is 35.5. The van der Waals surface area contributed by atoms with E-state index in [1.807, 2.05) is 26.8 Å². The number of rotatable bonds is 11. The average Bonchev–Trinajstić information content (AvgIpc) is 2.89. The minimum absolute atomic E-state index is 0.0791. The van der Waals surface area contributed by atoms with Crippen LogP contribution in [0.2, 0.25) is 5.02 Å². The third-order valence-electron chi connectivity index (χ3n) is 6.16. The van der Waals surface area contributed by atoms with E-state index in [1.165, 1.54) is 17.0 Å². The zero-order chi connectivity index (χ0) is 27.9. The highest BCUT2D eigenvalue weighted by molar-refractivity contribution is 7.92. The number of anilines is 1. The first-order valence-corrected chi connectivity index (χ1v) is 14.3. The molecule has 0 aliphatic carbocycles. The van der Waals surface area contributed by atoms with Gasteiger partial charge in [-0.1, -0.05) is 60.5 Å². The van der Waals surface area contributed by atoms with E-state index >= 15 is 0 Å². The molecule has 0 spiro atoms. The molecule has 0 unspecified atom stereocenters. The molecule has 1 N–H and O–H groups in total. The molecule has 0 aliphatic rings. The monoisotopic (exact) mass is 555 g/mol. The molecule has 0 fully saturated rings. The van der Waals surface area contributed by atoms with Crippen LogP contribution in [0.25, 0.3) is 0 Å². The van der Waals surface area contributed by atoms with Crippen LogP contribution in [-0.2, 0) is 26.2 Å². The van der Waals surface area contributed by atoms with Gasteiger partial charge in [0.2, 0.25) is 11.8 Å². The van der Waals surface area contributed by atoms with Crippen molar-refractivity contribution in [2.45, 2.75) is 51.6 Å². The van der Waals surface area contributed by atoms with E-state index in [0.717, 1.165) is 27.4 Å². The van der Waals surface area contributed by atoms with Gasteiger partial charge in [-0.2, -0.15) is 0 Å². The van der Waals surface area contributed by atoms with Crippen LogP contribution in [0.5, 0.6) is 0 Å². The highest BCUT2D eigenvalue weighted by Crippen LogP contribution is 2.26. The quantitative estimate of drug-likeness (QED) is 0.357. The van der Waals surface area contributed by atoms with Gasteiger partial charge in [-0.25, -0.2) is 8.42 Å². The molecule has 38 heavy (non-hydrogen) atoms. The van der Waals surface area contributed by atoms with Crippen molar-refractivity contribution in [2.24, 2.45) is 0 Å². The first-order valence-electron chi connectivity index (χ1n) is 12.5. The molecular weight excluding hydrogens is 522 g/mol. The highest BCUT2D eigenvalue weighted by Gasteiger charge is 2.32. The molecule has 0 aromatic heterocycles. The van der Waals surface area contributed by atoms with Gasteiger partial charge < -0.3 is 10.2 Å². The van der Waals surface area contributed by atoms with Crippen molar-refractivity contribution in [3.8, 4) is 0 Å². The zero-order valence-electron chi connectivity index (χ0n) is 22.1. The summed E-state index contributed by atoms with van der Waals surface area (Å²) in [6, 6.07) is 19.6. The summed E-state index contributed by atoms with van der Waals surface area (Å²) in [4.78, 5) is 28.2. The minimum Gasteiger partial charge on any atom is -0.354 e. The molecular formula is C29H34ClN3O4S. The standard InChI is InChI=1S/C29H34ClN3O4S/c1-5-17-31-29(35)23(4)32(19-24-11-13-25(30)14-12-24)28(34)20-33(26-8-6-7-22(3)18-26)38(36,37)27-15-9-21(2)10-16-27/h6-16,18,23H,5,17,19-20H2,1-4H3,(H,31,35)/t23-/m1/s1. The maximum atomic E-state index is 13.8. The SMILES string of the molecule is CCCNC(=O)[C@@H](C)N(Cc1ccc(Cl)cc1)C(=O)CN(c1cccc(C)c1)S(=O)(=O)c1ccc(C)cc1. The second-order valence-electron chi connectivity index (χ2n) is 9.28. The number of carbonyl (C=O) groups excluding carboxylic acids is 2. The Morgan fingerprint density at radius 3 is 2.21 bits per heavy atom. The van der Waals surface area contributed by atoms with Gasteiger partial charge in [-0.05, 0) is 74.7 Å². The Morgan fingerprint density at radius 1 is 0.947 bits per heavy atom. The van der Waals surface area contributed by atoms with Gasteiger partial charge in [0, 0.05) is 18.1 Å². The molecule has 3 aromatic rings. The smallest absolute Gasteiger partial charge is 0.264 e. The summed E-state index contributed by atoms with van der Waals surface area (Å²) in [5, 5.41) is 3.38. The predicted molar refractivity (Wildman–Crippen MR) is 152 cm³/mol. The van der Waals surface area contributed by atoms with Crippen molar-refractivity contribution in [1.82, 2.24) is 10.2 Å². The number of benzene rings is 3. The summed E-state index contributed by atoms with van der Waals surface area (Å²) >= 11 is 6.03. The molecule has 0 bridgehead atoms. The first-order chi connectivity index (χ1) is 18.0. The molecule has 2 amide bonds. The largest absolute Gasteiger partial charge is 0.354 e. The van der Waals surface area contributed by atoms with Gasteiger partial charge in [0.05, 0.1) is 10.6 Å². The summed E-state index contributed by atoms with van der Waals surface area (Å²) in [6.07, 6.45) is 0.750. The molecule has 1 atom stereocenters. The van der Waals surface area contributed by atoms with E-state index in [-0.39, 0.29) is 17.3 Å². The third kappa shape index (κ3) is 7.36. The third-order valence-corrected chi connectivity index (χ3v) is 8.20. The molecule has 0 saturated heterocycles. The molecule has 202 valence electrons. The van der Waals surface area contributed by atoms with Crippen molar-refractivity contribution in [1.29, 1.82) is 0 Å². The van der Waals surface area contributed by atoms with Crippen LogP contribution in [0.3, 0.4) is 0 Å². The van der Waals surface area contributed by atoms with Gasteiger partial charge in [-0.3, -0.25) is 13.9 Å². The van der Waals surface area contributed by atoms with Crippen molar-refractivity contribution in [3.05, 3.63) is 94.5 Å². The molecule has 0 aliphatic heterocycles. The van der Waals surface area contributed by atoms with Crippen molar-refractivity contribution in [3.63, 3.8) is 0 Å². The lowest BCUT2D eigenvalue weighted by molar-refractivity contribution is -0.139. The molecule has 0 heterocycles. The van der Waals surface area contributed by atoms with Crippen LogP contribution in [0.4, 0.5) is 5.69 Å². The second kappa shape index (κ2) is 12.9. The Morgan fingerprint density at radius 2 is 1.61 bits per heavy atom. The Hall–Kier alpha value is -3.36. The molecule has 0 saturated carbocycles. The summed E-state index contributed by atoms with van der Waals surface area (Å²) < 4.78 is 28.7. The van der Waals surface area contributed by atoms with Crippen LogP contribution >= 0.6 is 11.6 Å². The Balaban J connectivity index is 2.01. The van der Waals surface area contributed by atoms with Gasteiger partial charge in [0.25, 0.3) is 10.0 Å². The topological polar surface area (TPSA) is 86.8 Å². The zero-order valence-corrected chi connectivity index (χ0v) is 23.7. The number of hydrogen-bond acceptors (Lipinski definition) is 4. The van der Waals surface area contributed by atoms with Gasteiger partial charge in [0.1, 0.15) is 12.6 Å². The molecule has 0 radical (unpaired) electrons. The lowest BCUT2D eigenvalue weighted by atomic mass is 10.1. The van der Waals surface area contributed by atoms with E-state index in [1.54, 1.807) is 61.5 Å². The number of amides is 2. The Labute approximate surface area is 230 Å². The second-order valence-corrected chi connectivity index (χ2v) is 11.6. The van der Waals surface area contributed by atoms with Crippen LogP contribution in [-0.4, -0.2) is 44.3 Å². The first kappa shape index (κ1) is 29.2. The maximum absolute atomic E-state index is 13.8. The number of halogens is 1. The number of carbonyl (C=O) groups is 2.